The molecule has 2 aromatic rings. The normalized spacial score (nSPS) is 17.3. The van der Waals surface area contributed by atoms with E-state index in [0.29, 0.717) is 18.2 Å². The van der Waals surface area contributed by atoms with Crippen molar-refractivity contribution in [2.75, 3.05) is 11.9 Å². The maximum Gasteiger partial charge on any atom is 0.254 e. The zero-order valence-electron chi connectivity index (χ0n) is 14.0. The maximum atomic E-state index is 12.8. The fourth-order valence-electron chi connectivity index (χ4n) is 3.40. The summed E-state index contributed by atoms with van der Waals surface area (Å²) in [5.41, 5.74) is 2.99. The molecule has 0 aromatic carbocycles. The predicted molar refractivity (Wildman–Crippen MR) is 91.8 cm³/mol. The molecule has 0 bridgehead atoms. The van der Waals surface area contributed by atoms with Gasteiger partial charge in [0.2, 0.25) is 0 Å². The fourth-order valence-corrected chi connectivity index (χ4v) is 3.40. The summed E-state index contributed by atoms with van der Waals surface area (Å²) < 4.78 is 2.17. The van der Waals surface area contributed by atoms with Gasteiger partial charge in [-0.3, -0.25) is 4.79 Å². The summed E-state index contributed by atoms with van der Waals surface area (Å²) in [5, 5.41) is 3.41. The maximum absolute atomic E-state index is 12.8. The number of carbonyl (C=O) groups is 1. The standard InChI is InChI=1S/C18H23N5O/c1-2-22-12-20-15-11-23(9-7-16(15)22)18(24)13-6-8-19-17(10-13)21-14-4-3-5-14/h6,8,10,12,14H,2-5,7,9,11H2,1H3,(H,19,21). The van der Waals surface area contributed by atoms with E-state index in [1.807, 2.05) is 17.3 Å². The lowest BCUT2D eigenvalue weighted by Crippen LogP contribution is -2.36. The van der Waals surface area contributed by atoms with Crippen LogP contribution in [-0.4, -0.2) is 37.9 Å². The van der Waals surface area contributed by atoms with Gasteiger partial charge in [0.15, 0.2) is 0 Å². The van der Waals surface area contributed by atoms with Gasteiger partial charge in [-0.05, 0) is 38.3 Å². The molecule has 0 radical (unpaired) electrons. The van der Waals surface area contributed by atoms with E-state index in [-0.39, 0.29) is 5.91 Å². The molecule has 0 atom stereocenters. The number of carbonyl (C=O) groups excluding carboxylic acids is 1. The quantitative estimate of drug-likeness (QED) is 0.938. The third-order valence-electron chi connectivity index (χ3n) is 5.08. The number of aryl methyl sites for hydroxylation is 1. The predicted octanol–water partition coefficient (Wildman–Crippen LogP) is 2.46. The molecule has 1 saturated carbocycles. The van der Waals surface area contributed by atoms with E-state index in [2.05, 4.69) is 26.8 Å². The molecule has 6 heteroatoms. The van der Waals surface area contributed by atoms with Crippen LogP contribution in [0.25, 0.3) is 0 Å². The molecule has 0 spiro atoms. The second-order valence-electron chi connectivity index (χ2n) is 6.60. The third kappa shape index (κ3) is 2.77. The molecule has 1 amide bonds. The van der Waals surface area contributed by atoms with Crippen molar-refractivity contribution in [3.05, 3.63) is 41.6 Å². The summed E-state index contributed by atoms with van der Waals surface area (Å²) in [5.74, 6) is 0.865. The lowest BCUT2D eigenvalue weighted by Gasteiger charge is -2.28. The van der Waals surface area contributed by atoms with Crippen molar-refractivity contribution in [1.82, 2.24) is 19.4 Å². The first kappa shape index (κ1) is 15.2. The van der Waals surface area contributed by atoms with Gasteiger partial charge in [0, 0.05) is 43.0 Å². The molecular formula is C18H23N5O. The molecule has 2 aliphatic rings. The van der Waals surface area contributed by atoms with Gasteiger partial charge in [-0.15, -0.1) is 0 Å². The fraction of sp³-hybridized carbons (Fsp3) is 0.500. The molecule has 24 heavy (non-hydrogen) atoms. The van der Waals surface area contributed by atoms with Crippen molar-refractivity contribution in [3.8, 4) is 0 Å². The summed E-state index contributed by atoms with van der Waals surface area (Å²) in [4.78, 5) is 23.5. The highest BCUT2D eigenvalue weighted by atomic mass is 16.2. The first-order valence-corrected chi connectivity index (χ1v) is 8.79. The van der Waals surface area contributed by atoms with Crippen LogP contribution < -0.4 is 5.32 Å². The van der Waals surface area contributed by atoms with Gasteiger partial charge in [0.1, 0.15) is 5.82 Å². The number of anilines is 1. The highest BCUT2D eigenvalue weighted by Gasteiger charge is 2.25. The highest BCUT2D eigenvalue weighted by Crippen LogP contribution is 2.24. The lowest BCUT2D eigenvalue weighted by molar-refractivity contribution is 0.0731. The van der Waals surface area contributed by atoms with Crippen molar-refractivity contribution in [2.24, 2.45) is 0 Å². The van der Waals surface area contributed by atoms with Crippen LogP contribution in [0.4, 0.5) is 5.82 Å². The minimum Gasteiger partial charge on any atom is -0.367 e. The number of imidazole rings is 1. The largest absolute Gasteiger partial charge is 0.367 e. The Balaban J connectivity index is 1.48. The molecule has 1 fully saturated rings. The van der Waals surface area contributed by atoms with Crippen LogP contribution in [0.15, 0.2) is 24.7 Å². The second-order valence-corrected chi connectivity index (χ2v) is 6.60. The molecule has 4 rings (SSSR count). The van der Waals surface area contributed by atoms with Crippen molar-refractivity contribution in [1.29, 1.82) is 0 Å². The lowest BCUT2D eigenvalue weighted by atomic mass is 9.93. The number of aromatic nitrogens is 3. The van der Waals surface area contributed by atoms with Crippen molar-refractivity contribution in [3.63, 3.8) is 0 Å². The van der Waals surface area contributed by atoms with E-state index in [9.17, 15) is 4.79 Å². The Bertz CT molecular complexity index is 750. The Kier molecular flexibility index (Phi) is 3.96. The van der Waals surface area contributed by atoms with Crippen LogP contribution >= 0.6 is 0 Å². The number of rotatable bonds is 4. The van der Waals surface area contributed by atoms with E-state index in [1.165, 1.54) is 25.0 Å². The second kappa shape index (κ2) is 6.26. The van der Waals surface area contributed by atoms with E-state index in [0.717, 1.165) is 31.0 Å². The molecule has 1 N–H and O–H groups in total. The number of fused-ring (bicyclic) bond motifs is 1. The zero-order valence-corrected chi connectivity index (χ0v) is 14.0. The van der Waals surface area contributed by atoms with Gasteiger partial charge >= 0.3 is 0 Å². The Hall–Kier alpha value is -2.37. The van der Waals surface area contributed by atoms with E-state index < -0.39 is 0 Å². The molecule has 1 aliphatic carbocycles. The summed E-state index contributed by atoms with van der Waals surface area (Å²) in [6.07, 6.45) is 8.12. The van der Waals surface area contributed by atoms with Crippen LogP contribution in [0.3, 0.4) is 0 Å². The van der Waals surface area contributed by atoms with E-state index in [4.69, 9.17) is 0 Å². The Morgan fingerprint density at radius 1 is 1.38 bits per heavy atom. The Morgan fingerprint density at radius 2 is 2.25 bits per heavy atom. The molecule has 126 valence electrons. The van der Waals surface area contributed by atoms with Crippen molar-refractivity contribution < 1.29 is 4.79 Å². The van der Waals surface area contributed by atoms with Crippen LogP contribution in [0.1, 0.15) is 47.9 Å². The van der Waals surface area contributed by atoms with E-state index in [1.54, 1.807) is 12.3 Å². The zero-order chi connectivity index (χ0) is 16.5. The summed E-state index contributed by atoms with van der Waals surface area (Å²) >= 11 is 0. The summed E-state index contributed by atoms with van der Waals surface area (Å²) in [6, 6.07) is 4.19. The van der Waals surface area contributed by atoms with Crippen LogP contribution in [0.5, 0.6) is 0 Å². The summed E-state index contributed by atoms with van der Waals surface area (Å²) in [7, 11) is 0. The Labute approximate surface area is 141 Å². The average molecular weight is 325 g/mol. The summed E-state index contributed by atoms with van der Waals surface area (Å²) in [6.45, 7) is 4.38. The first-order valence-electron chi connectivity index (χ1n) is 8.79. The van der Waals surface area contributed by atoms with Crippen molar-refractivity contribution in [2.45, 2.75) is 51.7 Å². The number of pyridine rings is 1. The SMILES string of the molecule is CCn1cnc2c1CCN(C(=O)c1ccnc(NC3CCC3)c1)C2. The molecular weight excluding hydrogens is 302 g/mol. The van der Waals surface area contributed by atoms with Crippen LogP contribution in [-0.2, 0) is 19.5 Å². The number of nitrogens with one attached hydrogen (secondary N) is 1. The van der Waals surface area contributed by atoms with Gasteiger partial charge in [-0.25, -0.2) is 9.97 Å². The molecule has 0 unspecified atom stereocenters. The molecule has 0 saturated heterocycles. The third-order valence-corrected chi connectivity index (χ3v) is 5.08. The number of nitrogens with zero attached hydrogens (tertiary/aromatic N) is 4. The minimum absolute atomic E-state index is 0.0609. The molecule has 2 aromatic heterocycles. The van der Waals surface area contributed by atoms with Crippen molar-refractivity contribution >= 4 is 11.7 Å². The first-order chi connectivity index (χ1) is 11.7. The smallest absolute Gasteiger partial charge is 0.254 e. The number of hydrogen-bond donors (Lipinski definition) is 1. The Morgan fingerprint density at radius 3 is 3.00 bits per heavy atom. The topological polar surface area (TPSA) is 63.1 Å². The van der Waals surface area contributed by atoms with Gasteiger partial charge in [-0.1, -0.05) is 0 Å². The van der Waals surface area contributed by atoms with Crippen LogP contribution in [0, 0.1) is 0 Å². The van der Waals surface area contributed by atoms with Gasteiger partial charge in [0.25, 0.3) is 5.91 Å². The number of amides is 1. The molecule has 6 nitrogen and oxygen atoms in total. The van der Waals surface area contributed by atoms with Gasteiger partial charge in [-0.2, -0.15) is 0 Å². The highest BCUT2D eigenvalue weighted by molar-refractivity contribution is 5.94. The molecule has 3 heterocycles. The van der Waals surface area contributed by atoms with Gasteiger partial charge in [0.05, 0.1) is 18.6 Å². The van der Waals surface area contributed by atoms with E-state index >= 15 is 0 Å². The van der Waals surface area contributed by atoms with Crippen LogP contribution in [0.2, 0.25) is 0 Å². The monoisotopic (exact) mass is 325 g/mol. The van der Waals surface area contributed by atoms with Gasteiger partial charge < -0.3 is 14.8 Å². The number of hydrogen-bond acceptors (Lipinski definition) is 4. The average Bonchev–Trinajstić information content (AvgIpc) is 3.00. The minimum atomic E-state index is 0.0609. The molecule has 1 aliphatic heterocycles.